The third-order valence-corrected chi connectivity index (χ3v) is 5.05. The number of nitrogens with zero attached hydrogens (tertiary/aromatic N) is 2. The van der Waals surface area contributed by atoms with Crippen LogP contribution in [0.1, 0.15) is 12.5 Å². The molecule has 6 heteroatoms. The molecule has 1 fully saturated rings. The van der Waals surface area contributed by atoms with Gasteiger partial charge >= 0.3 is 0 Å². The molecule has 1 aromatic carbocycles. The Kier molecular flexibility index (Phi) is 3.02. The largest absolute Gasteiger partial charge is 0.326 e. The highest BCUT2D eigenvalue weighted by atomic mass is 32.2. The van der Waals surface area contributed by atoms with E-state index >= 15 is 0 Å². The number of rotatable bonds is 3. The molecular formula is C13H15N3O2S. The molecule has 0 bridgehead atoms. The summed E-state index contributed by atoms with van der Waals surface area (Å²) in [6, 6.07) is 9.71. The zero-order valence-electron chi connectivity index (χ0n) is 10.4. The van der Waals surface area contributed by atoms with Crippen molar-refractivity contribution in [3.05, 3.63) is 42.7 Å². The van der Waals surface area contributed by atoms with Gasteiger partial charge in [0, 0.05) is 18.1 Å². The fraction of sp³-hybridized carbons (Fsp3) is 0.308. The van der Waals surface area contributed by atoms with Gasteiger partial charge in [-0.1, -0.05) is 18.2 Å². The lowest BCUT2D eigenvalue weighted by molar-refractivity contribution is 0.561. The zero-order chi connectivity index (χ0) is 13.3. The quantitative estimate of drug-likeness (QED) is 0.932. The maximum atomic E-state index is 11.6. The number of imidazole rings is 1. The second kappa shape index (κ2) is 4.70. The standard InChI is InChI=1S/C13H15N3O2S/c17-19(18)9-6-12(10-19)16-8-7-14-13(16)15-11-4-2-1-3-5-11/h1-5,7-8,12H,6,9-10H2,(H,14,15). The van der Waals surface area contributed by atoms with Gasteiger partial charge in [-0.25, -0.2) is 13.4 Å². The van der Waals surface area contributed by atoms with Gasteiger partial charge in [0.1, 0.15) is 0 Å². The second-order valence-electron chi connectivity index (χ2n) is 4.71. The molecule has 2 aromatic rings. The smallest absolute Gasteiger partial charge is 0.207 e. The van der Waals surface area contributed by atoms with E-state index < -0.39 is 9.84 Å². The van der Waals surface area contributed by atoms with Crippen LogP contribution in [0.5, 0.6) is 0 Å². The Morgan fingerprint density at radius 2 is 2.05 bits per heavy atom. The van der Waals surface area contributed by atoms with Gasteiger partial charge in [0.25, 0.3) is 0 Å². The molecule has 5 nitrogen and oxygen atoms in total. The Morgan fingerprint density at radius 1 is 1.26 bits per heavy atom. The van der Waals surface area contributed by atoms with Crippen molar-refractivity contribution < 1.29 is 8.42 Å². The first-order chi connectivity index (χ1) is 9.14. The van der Waals surface area contributed by atoms with E-state index in [2.05, 4.69) is 10.3 Å². The normalized spacial score (nSPS) is 21.4. The summed E-state index contributed by atoms with van der Waals surface area (Å²) in [5.41, 5.74) is 0.941. The summed E-state index contributed by atoms with van der Waals surface area (Å²) < 4.78 is 25.0. The molecule has 0 spiro atoms. The van der Waals surface area contributed by atoms with Gasteiger partial charge in [-0.15, -0.1) is 0 Å². The van der Waals surface area contributed by atoms with Crippen LogP contribution in [0.2, 0.25) is 0 Å². The van der Waals surface area contributed by atoms with Crippen LogP contribution in [-0.2, 0) is 9.84 Å². The predicted molar refractivity (Wildman–Crippen MR) is 74.3 cm³/mol. The van der Waals surface area contributed by atoms with E-state index in [0.29, 0.717) is 12.4 Å². The second-order valence-corrected chi connectivity index (χ2v) is 6.93. The molecular weight excluding hydrogens is 262 g/mol. The molecule has 0 saturated carbocycles. The minimum Gasteiger partial charge on any atom is -0.326 e. The topological polar surface area (TPSA) is 64.0 Å². The number of anilines is 2. The van der Waals surface area contributed by atoms with E-state index in [4.69, 9.17) is 0 Å². The van der Waals surface area contributed by atoms with Gasteiger partial charge in [0.05, 0.1) is 17.5 Å². The molecule has 1 aliphatic rings. The van der Waals surface area contributed by atoms with Gasteiger partial charge in [-0.05, 0) is 18.6 Å². The Morgan fingerprint density at radius 3 is 2.74 bits per heavy atom. The van der Waals surface area contributed by atoms with Crippen LogP contribution in [0, 0.1) is 0 Å². The highest BCUT2D eigenvalue weighted by molar-refractivity contribution is 7.91. The fourth-order valence-electron chi connectivity index (χ4n) is 2.35. The van der Waals surface area contributed by atoms with Gasteiger partial charge in [0.15, 0.2) is 9.84 Å². The summed E-state index contributed by atoms with van der Waals surface area (Å²) in [5.74, 6) is 1.15. The first kappa shape index (κ1) is 12.2. The molecule has 1 N–H and O–H groups in total. The predicted octanol–water partition coefficient (Wildman–Crippen LogP) is 1.99. The average molecular weight is 277 g/mol. The summed E-state index contributed by atoms with van der Waals surface area (Å²) in [6.45, 7) is 0. The molecule has 0 aliphatic carbocycles. The zero-order valence-corrected chi connectivity index (χ0v) is 11.2. The van der Waals surface area contributed by atoms with Crippen molar-refractivity contribution in [2.45, 2.75) is 12.5 Å². The molecule has 0 radical (unpaired) electrons. The lowest BCUT2D eigenvalue weighted by Gasteiger charge is -2.14. The van der Waals surface area contributed by atoms with E-state index in [1.54, 1.807) is 6.20 Å². The van der Waals surface area contributed by atoms with Crippen LogP contribution >= 0.6 is 0 Å². The van der Waals surface area contributed by atoms with Crippen molar-refractivity contribution >= 4 is 21.5 Å². The van der Waals surface area contributed by atoms with Crippen LogP contribution in [0.4, 0.5) is 11.6 Å². The van der Waals surface area contributed by atoms with Crippen LogP contribution in [0.15, 0.2) is 42.7 Å². The number of aromatic nitrogens is 2. The first-order valence-electron chi connectivity index (χ1n) is 6.19. The molecule has 1 saturated heterocycles. The summed E-state index contributed by atoms with van der Waals surface area (Å²) in [6.07, 6.45) is 4.18. The lowest BCUT2D eigenvalue weighted by Crippen LogP contribution is -2.12. The highest BCUT2D eigenvalue weighted by Crippen LogP contribution is 2.27. The van der Waals surface area contributed by atoms with Crippen LogP contribution < -0.4 is 5.32 Å². The van der Waals surface area contributed by atoms with Crippen molar-refractivity contribution in [2.24, 2.45) is 0 Å². The molecule has 1 aliphatic heterocycles. The van der Waals surface area contributed by atoms with Crippen LogP contribution in [0.3, 0.4) is 0 Å². The molecule has 19 heavy (non-hydrogen) atoms. The molecule has 1 unspecified atom stereocenters. The van der Waals surface area contributed by atoms with Crippen molar-refractivity contribution in [3.63, 3.8) is 0 Å². The molecule has 1 aromatic heterocycles. The van der Waals surface area contributed by atoms with E-state index in [1.165, 1.54) is 0 Å². The number of sulfone groups is 1. The van der Waals surface area contributed by atoms with Gasteiger partial charge in [0.2, 0.25) is 5.95 Å². The number of hydrogen-bond donors (Lipinski definition) is 1. The maximum absolute atomic E-state index is 11.6. The van der Waals surface area contributed by atoms with Gasteiger partial charge in [-0.2, -0.15) is 0 Å². The summed E-state index contributed by atoms with van der Waals surface area (Å²) in [5, 5.41) is 3.21. The Balaban J connectivity index is 1.83. The van der Waals surface area contributed by atoms with E-state index in [1.807, 2.05) is 41.1 Å². The Bertz CT molecular complexity index is 664. The lowest BCUT2D eigenvalue weighted by atomic mass is 10.2. The minimum atomic E-state index is -2.89. The molecule has 2 heterocycles. The van der Waals surface area contributed by atoms with E-state index in [9.17, 15) is 8.42 Å². The molecule has 3 rings (SSSR count). The number of benzene rings is 1. The number of para-hydroxylation sites is 1. The van der Waals surface area contributed by atoms with E-state index in [-0.39, 0.29) is 17.5 Å². The monoisotopic (exact) mass is 277 g/mol. The molecule has 100 valence electrons. The highest BCUT2D eigenvalue weighted by Gasteiger charge is 2.30. The summed E-state index contributed by atoms with van der Waals surface area (Å²) in [4.78, 5) is 4.26. The third-order valence-electron chi connectivity index (χ3n) is 3.30. The fourth-order valence-corrected chi connectivity index (χ4v) is 4.06. The summed E-state index contributed by atoms with van der Waals surface area (Å²) in [7, 11) is -2.89. The number of hydrogen-bond acceptors (Lipinski definition) is 4. The number of nitrogens with one attached hydrogen (secondary N) is 1. The molecule has 1 atom stereocenters. The van der Waals surface area contributed by atoms with Gasteiger partial charge < -0.3 is 9.88 Å². The third kappa shape index (κ3) is 2.63. The SMILES string of the molecule is O=S1(=O)CCC(n2ccnc2Nc2ccccc2)C1. The van der Waals surface area contributed by atoms with Crippen LogP contribution in [0.25, 0.3) is 0 Å². The first-order valence-corrected chi connectivity index (χ1v) is 8.01. The maximum Gasteiger partial charge on any atom is 0.207 e. The summed E-state index contributed by atoms with van der Waals surface area (Å²) >= 11 is 0. The van der Waals surface area contributed by atoms with E-state index in [0.717, 1.165) is 5.69 Å². The van der Waals surface area contributed by atoms with Crippen molar-refractivity contribution in [2.75, 3.05) is 16.8 Å². The Hall–Kier alpha value is -1.82. The Labute approximate surface area is 112 Å². The van der Waals surface area contributed by atoms with Crippen LogP contribution in [-0.4, -0.2) is 29.5 Å². The van der Waals surface area contributed by atoms with Gasteiger partial charge in [-0.3, -0.25) is 0 Å². The van der Waals surface area contributed by atoms with Crippen molar-refractivity contribution in [1.29, 1.82) is 0 Å². The van der Waals surface area contributed by atoms with Crippen molar-refractivity contribution in [1.82, 2.24) is 9.55 Å². The molecule has 0 amide bonds. The average Bonchev–Trinajstić information content (AvgIpc) is 2.97. The van der Waals surface area contributed by atoms with Crippen molar-refractivity contribution in [3.8, 4) is 0 Å². The minimum absolute atomic E-state index is 0.0151.